The molecule has 2 aliphatic rings. The molecule has 1 aliphatic heterocycles. The number of carbonyl (C=O) groups is 1. The first-order chi connectivity index (χ1) is 15.0. The maximum atomic E-state index is 13.4. The number of amides is 1. The van der Waals surface area contributed by atoms with Crippen molar-refractivity contribution >= 4 is 17.5 Å². The van der Waals surface area contributed by atoms with Crippen molar-refractivity contribution in [2.75, 3.05) is 31.6 Å². The maximum absolute atomic E-state index is 13.4. The van der Waals surface area contributed by atoms with Crippen molar-refractivity contribution in [3.63, 3.8) is 0 Å². The molecule has 0 atom stereocenters. The van der Waals surface area contributed by atoms with Gasteiger partial charge in [0.1, 0.15) is 0 Å². The molecule has 5 rings (SSSR count). The highest BCUT2D eigenvalue weighted by molar-refractivity contribution is 5.96. The van der Waals surface area contributed by atoms with Gasteiger partial charge in [0.2, 0.25) is 11.9 Å². The van der Waals surface area contributed by atoms with E-state index >= 15 is 0 Å². The number of aromatic nitrogens is 3. The van der Waals surface area contributed by atoms with Crippen LogP contribution < -0.4 is 4.90 Å². The van der Waals surface area contributed by atoms with Crippen LogP contribution in [-0.4, -0.2) is 57.6 Å². The largest absolute Gasteiger partial charge is 0.395 e. The van der Waals surface area contributed by atoms with Gasteiger partial charge in [0.25, 0.3) is 5.91 Å². The van der Waals surface area contributed by atoms with Gasteiger partial charge in [-0.05, 0) is 42.7 Å². The number of nitrogens with zero attached hydrogens (tertiary/aromatic N) is 5. The van der Waals surface area contributed by atoms with Gasteiger partial charge in [-0.15, -0.1) is 0 Å². The number of aliphatic hydroxyl groups is 1. The Hall–Kier alpha value is -3.39. The summed E-state index contributed by atoms with van der Waals surface area (Å²) >= 11 is 0. The van der Waals surface area contributed by atoms with Crippen LogP contribution in [0.2, 0.25) is 0 Å². The Kier molecular flexibility index (Phi) is 4.66. The SMILES string of the molecule is CN(CCO)C(=O)c1ccc2c(c1)N(c1ncc(-c3cccc(F)n3)cn1)CC21CC1. The topological polar surface area (TPSA) is 82.5 Å². The van der Waals surface area contributed by atoms with Gasteiger partial charge in [-0.1, -0.05) is 12.1 Å². The van der Waals surface area contributed by atoms with Gasteiger partial charge in [-0.2, -0.15) is 4.39 Å². The van der Waals surface area contributed by atoms with Crippen molar-refractivity contribution in [3.05, 3.63) is 65.9 Å². The van der Waals surface area contributed by atoms with E-state index in [1.807, 2.05) is 23.1 Å². The lowest BCUT2D eigenvalue weighted by Gasteiger charge is -2.19. The van der Waals surface area contributed by atoms with Crippen LogP contribution in [0.5, 0.6) is 0 Å². The second-order valence-electron chi connectivity index (χ2n) is 8.17. The molecule has 2 aromatic heterocycles. The van der Waals surface area contributed by atoms with Crippen molar-refractivity contribution in [1.82, 2.24) is 19.9 Å². The predicted octanol–water partition coefficient (Wildman–Crippen LogP) is 2.93. The van der Waals surface area contributed by atoms with Crippen molar-refractivity contribution in [2.24, 2.45) is 0 Å². The van der Waals surface area contributed by atoms with E-state index in [4.69, 9.17) is 5.11 Å². The van der Waals surface area contributed by atoms with E-state index in [-0.39, 0.29) is 24.5 Å². The normalized spacial score (nSPS) is 15.8. The fourth-order valence-electron chi connectivity index (χ4n) is 4.20. The van der Waals surface area contributed by atoms with Gasteiger partial charge >= 0.3 is 0 Å². The molecule has 0 bridgehead atoms. The molecule has 3 aromatic rings. The standard InChI is InChI=1S/C23H22FN5O2/c1-28(9-10-30)21(31)15-5-6-17-19(11-15)29(14-23(17)7-8-23)22-25-12-16(13-26-22)18-3-2-4-20(24)27-18/h2-6,11-13,30H,7-10,14H2,1H3. The third-order valence-electron chi connectivity index (χ3n) is 6.09. The molecule has 1 N–H and O–H groups in total. The zero-order valence-electron chi connectivity index (χ0n) is 17.1. The Morgan fingerprint density at radius 1 is 1.23 bits per heavy atom. The highest BCUT2D eigenvalue weighted by Gasteiger charge is 2.52. The van der Waals surface area contributed by atoms with Gasteiger partial charge in [-0.25, -0.2) is 15.0 Å². The van der Waals surface area contributed by atoms with Crippen LogP contribution in [0.3, 0.4) is 0 Å². The summed E-state index contributed by atoms with van der Waals surface area (Å²) in [5, 5.41) is 9.13. The van der Waals surface area contributed by atoms with E-state index in [2.05, 4.69) is 15.0 Å². The molecule has 3 heterocycles. The lowest BCUT2D eigenvalue weighted by molar-refractivity contribution is 0.0767. The van der Waals surface area contributed by atoms with Crippen LogP contribution in [0.15, 0.2) is 48.8 Å². The molecule has 158 valence electrons. The van der Waals surface area contributed by atoms with Crippen LogP contribution >= 0.6 is 0 Å². The fraction of sp³-hybridized carbons (Fsp3) is 0.304. The number of benzene rings is 1. The lowest BCUT2D eigenvalue weighted by Crippen LogP contribution is -2.29. The van der Waals surface area contributed by atoms with Crippen molar-refractivity contribution in [1.29, 1.82) is 0 Å². The van der Waals surface area contributed by atoms with Crippen molar-refractivity contribution < 1.29 is 14.3 Å². The molecule has 1 spiro atoms. The molecule has 1 aromatic carbocycles. The summed E-state index contributed by atoms with van der Waals surface area (Å²) in [5.41, 5.74) is 3.94. The van der Waals surface area contributed by atoms with E-state index in [0.29, 0.717) is 22.8 Å². The number of pyridine rings is 1. The number of likely N-dealkylation sites (N-methyl/N-ethyl adjacent to an activating group) is 1. The number of carbonyl (C=O) groups excluding carboxylic acids is 1. The Morgan fingerprint density at radius 2 is 2.00 bits per heavy atom. The monoisotopic (exact) mass is 419 g/mol. The second-order valence-corrected chi connectivity index (χ2v) is 8.17. The lowest BCUT2D eigenvalue weighted by atomic mass is 9.97. The zero-order valence-corrected chi connectivity index (χ0v) is 17.1. The first-order valence-electron chi connectivity index (χ1n) is 10.2. The molecule has 8 heteroatoms. The third kappa shape index (κ3) is 3.42. The zero-order chi connectivity index (χ0) is 21.6. The van der Waals surface area contributed by atoms with E-state index in [9.17, 15) is 9.18 Å². The minimum absolute atomic E-state index is 0.0806. The number of aliphatic hydroxyl groups excluding tert-OH is 1. The van der Waals surface area contributed by atoms with E-state index < -0.39 is 5.95 Å². The number of rotatable bonds is 5. The number of halogens is 1. The summed E-state index contributed by atoms with van der Waals surface area (Å²) in [6.45, 7) is 0.967. The van der Waals surface area contributed by atoms with Crippen LogP contribution in [0, 0.1) is 5.95 Å². The van der Waals surface area contributed by atoms with Crippen LogP contribution in [0.25, 0.3) is 11.3 Å². The van der Waals surface area contributed by atoms with Crippen LogP contribution in [0.4, 0.5) is 16.0 Å². The Balaban J connectivity index is 1.48. The number of fused-ring (bicyclic) bond motifs is 2. The number of hydrogen-bond acceptors (Lipinski definition) is 6. The Labute approximate surface area is 179 Å². The first kappa shape index (κ1) is 19.6. The number of hydrogen-bond donors (Lipinski definition) is 1. The van der Waals surface area contributed by atoms with Gasteiger partial charge in [-0.3, -0.25) is 4.79 Å². The van der Waals surface area contributed by atoms with E-state index in [1.54, 1.807) is 31.6 Å². The van der Waals surface area contributed by atoms with E-state index in [1.165, 1.54) is 16.5 Å². The fourth-order valence-corrected chi connectivity index (χ4v) is 4.20. The predicted molar refractivity (Wildman–Crippen MR) is 114 cm³/mol. The molecular formula is C23H22FN5O2. The summed E-state index contributed by atoms with van der Waals surface area (Å²) in [4.78, 5) is 29.2. The molecule has 7 nitrogen and oxygen atoms in total. The summed E-state index contributed by atoms with van der Waals surface area (Å²) in [6.07, 6.45) is 5.48. The molecule has 0 unspecified atom stereocenters. The third-order valence-corrected chi connectivity index (χ3v) is 6.09. The van der Waals surface area contributed by atoms with Gasteiger partial charge in [0, 0.05) is 54.8 Å². The van der Waals surface area contributed by atoms with Gasteiger partial charge in [0.15, 0.2) is 0 Å². The second kappa shape index (κ2) is 7.39. The Morgan fingerprint density at radius 3 is 2.68 bits per heavy atom. The Bertz CT molecular complexity index is 1150. The summed E-state index contributed by atoms with van der Waals surface area (Å²) in [5.74, 6) is -0.144. The minimum atomic E-state index is -0.547. The minimum Gasteiger partial charge on any atom is -0.395 e. The smallest absolute Gasteiger partial charge is 0.253 e. The quantitative estimate of drug-likeness (QED) is 0.641. The highest BCUT2D eigenvalue weighted by atomic mass is 19.1. The molecule has 1 saturated carbocycles. The molecular weight excluding hydrogens is 397 g/mol. The average Bonchev–Trinajstić information content (AvgIpc) is 3.50. The summed E-state index contributed by atoms with van der Waals surface area (Å²) < 4.78 is 13.4. The van der Waals surface area contributed by atoms with Crippen molar-refractivity contribution in [3.8, 4) is 11.3 Å². The molecule has 1 aliphatic carbocycles. The molecule has 0 saturated heterocycles. The van der Waals surface area contributed by atoms with Crippen molar-refractivity contribution in [2.45, 2.75) is 18.3 Å². The van der Waals surface area contributed by atoms with Gasteiger partial charge in [0.05, 0.1) is 12.3 Å². The van der Waals surface area contributed by atoms with E-state index in [0.717, 1.165) is 25.1 Å². The summed E-state index contributed by atoms with van der Waals surface area (Å²) in [6, 6.07) is 10.4. The molecule has 1 amide bonds. The van der Waals surface area contributed by atoms with Crippen LogP contribution in [0.1, 0.15) is 28.8 Å². The highest BCUT2D eigenvalue weighted by Crippen LogP contribution is 2.57. The summed E-state index contributed by atoms with van der Waals surface area (Å²) in [7, 11) is 1.67. The van der Waals surface area contributed by atoms with Crippen LogP contribution in [-0.2, 0) is 5.41 Å². The first-order valence-corrected chi connectivity index (χ1v) is 10.2. The molecule has 31 heavy (non-hydrogen) atoms. The molecule has 0 radical (unpaired) electrons. The number of anilines is 2. The maximum Gasteiger partial charge on any atom is 0.253 e. The van der Waals surface area contributed by atoms with Gasteiger partial charge < -0.3 is 14.9 Å². The average molecular weight is 419 g/mol. The molecule has 1 fully saturated rings.